The fraction of sp³-hybridized carbons (Fsp3) is 0.900. The zero-order chi connectivity index (χ0) is 9.84. The normalized spacial score (nSPS) is 29.2. The van der Waals surface area contributed by atoms with Crippen molar-refractivity contribution in [3.05, 3.63) is 0 Å². The van der Waals surface area contributed by atoms with Gasteiger partial charge in [-0.25, -0.2) is 0 Å². The largest absolute Gasteiger partial charge is 0.481 e. The standard InChI is InChI=1S/C10H19NO2/c1-11(2)7-8-4-3-5-9(6-8)10(12)13/h8-9H,3-7H2,1-2H3,(H,12,13). The molecule has 1 aliphatic rings. The van der Waals surface area contributed by atoms with E-state index in [1.807, 2.05) is 14.1 Å². The molecule has 76 valence electrons. The van der Waals surface area contributed by atoms with Gasteiger partial charge in [-0.2, -0.15) is 0 Å². The molecule has 1 N–H and O–H groups in total. The second kappa shape index (κ2) is 4.61. The minimum absolute atomic E-state index is 0.0845. The first-order valence-corrected chi connectivity index (χ1v) is 4.97. The fourth-order valence-corrected chi connectivity index (χ4v) is 2.20. The number of carboxylic acid groups (broad SMARTS) is 1. The minimum atomic E-state index is -0.608. The Morgan fingerprint density at radius 2 is 2.15 bits per heavy atom. The van der Waals surface area contributed by atoms with Gasteiger partial charge in [0, 0.05) is 6.54 Å². The quantitative estimate of drug-likeness (QED) is 0.723. The maximum absolute atomic E-state index is 10.8. The number of carboxylic acids is 1. The summed E-state index contributed by atoms with van der Waals surface area (Å²) in [5, 5.41) is 8.88. The molecule has 0 aliphatic heterocycles. The molecule has 1 rings (SSSR count). The van der Waals surface area contributed by atoms with Crippen molar-refractivity contribution >= 4 is 5.97 Å². The van der Waals surface area contributed by atoms with Gasteiger partial charge >= 0.3 is 5.97 Å². The molecule has 1 saturated carbocycles. The Hall–Kier alpha value is -0.570. The number of hydrogen-bond acceptors (Lipinski definition) is 2. The van der Waals surface area contributed by atoms with Gasteiger partial charge < -0.3 is 10.0 Å². The van der Waals surface area contributed by atoms with E-state index in [0.717, 1.165) is 25.8 Å². The number of hydrogen-bond donors (Lipinski definition) is 1. The Morgan fingerprint density at radius 1 is 1.46 bits per heavy atom. The molecule has 0 aromatic rings. The van der Waals surface area contributed by atoms with Crippen LogP contribution in [0.3, 0.4) is 0 Å². The van der Waals surface area contributed by atoms with Crippen LogP contribution in [0.1, 0.15) is 25.7 Å². The van der Waals surface area contributed by atoms with Gasteiger partial charge in [0.1, 0.15) is 0 Å². The predicted octanol–water partition coefficient (Wildman–Crippen LogP) is 1.44. The van der Waals surface area contributed by atoms with Crippen molar-refractivity contribution in [2.75, 3.05) is 20.6 Å². The first-order chi connectivity index (χ1) is 6.09. The molecule has 0 spiro atoms. The van der Waals surface area contributed by atoms with Crippen LogP contribution in [0, 0.1) is 11.8 Å². The van der Waals surface area contributed by atoms with Crippen LogP contribution < -0.4 is 0 Å². The van der Waals surface area contributed by atoms with E-state index >= 15 is 0 Å². The van der Waals surface area contributed by atoms with E-state index < -0.39 is 5.97 Å². The molecular formula is C10H19NO2. The third-order valence-electron chi connectivity index (χ3n) is 2.76. The fourth-order valence-electron chi connectivity index (χ4n) is 2.20. The number of aliphatic carboxylic acids is 1. The molecule has 2 atom stereocenters. The zero-order valence-corrected chi connectivity index (χ0v) is 8.49. The van der Waals surface area contributed by atoms with E-state index in [4.69, 9.17) is 5.11 Å². The zero-order valence-electron chi connectivity index (χ0n) is 8.49. The molecule has 0 radical (unpaired) electrons. The number of rotatable bonds is 3. The predicted molar refractivity (Wildman–Crippen MR) is 51.6 cm³/mol. The molecule has 0 saturated heterocycles. The smallest absolute Gasteiger partial charge is 0.306 e. The Labute approximate surface area is 79.7 Å². The van der Waals surface area contributed by atoms with Crippen LogP contribution in [0.2, 0.25) is 0 Å². The van der Waals surface area contributed by atoms with Gasteiger partial charge in [0.25, 0.3) is 0 Å². The van der Waals surface area contributed by atoms with E-state index in [1.165, 1.54) is 6.42 Å². The highest BCUT2D eigenvalue weighted by atomic mass is 16.4. The van der Waals surface area contributed by atoms with Gasteiger partial charge in [0.05, 0.1) is 5.92 Å². The Bertz CT molecular complexity index is 180. The van der Waals surface area contributed by atoms with Crippen molar-refractivity contribution in [1.82, 2.24) is 4.90 Å². The van der Waals surface area contributed by atoms with Crippen LogP contribution >= 0.6 is 0 Å². The van der Waals surface area contributed by atoms with Crippen LogP contribution in [0.15, 0.2) is 0 Å². The molecule has 0 bridgehead atoms. The second-order valence-electron chi connectivity index (χ2n) is 4.33. The molecular weight excluding hydrogens is 166 g/mol. The molecule has 2 unspecified atom stereocenters. The lowest BCUT2D eigenvalue weighted by Crippen LogP contribution is -2.29. The monoisotopic (exact) mass is 185 g/mol. The van der Waals surface area contributed by atoms with Gasteiger partial charge in [-0.15, -0.1) is 0 Å². The first kappa shape index (κ1) is 10.5. The average Bonchev–Trinajstić information content (AvgIpc) is 2.03. The average molecular weight is 185 g/mol. The van der Waals surface area contributed by atoms with Crippen molar-refractivity contribution in [2.24, 2.45) is 11.8 Å². The van der Waals surface area contributed by atoms with Gasteiger partial charge in [-0.3, -0.25) is 4.79 Å². The lowest BCUT2D eigenvalue weighted by atomic mass is 9.81. The molecule has 3 heteroatoms. The summed E-state index contributed by atoms with van der Waals surface area (Å²) in [6.45, 7) is 1.03. The Kier molecular flexibility index (Phi) is 3.72. The van der Waals surface area contributed by atoms with Crippen molar-refractivity contribution in [3.63, 3.8) is 0 Å². The van der Waals surface area contributed by atoms with Gasteiger partial charge in [0.15, 0.2) is 0 Å². The summed E-state index contributed by atoms with van der Waals surface area (Å²) in [6, 6.07) is 0. The van der Waals surface area contributed by atoms with Crippen molar-refractivity contribution in [2.45, 2.75) is 25.7 Å². The van der Waals surface area contributed by atoms with Crippen molar-refractivity contribution in [3.8, 4) is 0 Å². The number of carbonyl (C=O) groups is 1. The summed E-state index contributed by atoms with van der Waals surface area (Å²) in [7, 11) is 4.09. The molecule has 0 aromatic carbocycles. The molecule has 0 aromatic heterocycles. The summed E-state index contributed by atoms with van der Waals surface area (Å²) in [5.41, 5.74) is 0. The molecule has 0 amide bonds. The molecule has 1 aliphatic carbocycles. The third kappa shape index (κ3) is 3.35. The number of nitrogens with zero attached hydrogens (tertiary/aromatic N) is 1. The van der Waals surface area contributed by atoms with E-state index in [0.29, 0.717) is 5.92 Å². The van der Waals surface area contributed by atoms with Gasteiger partial charge in [-0.05, 0) is 39.3 Å². The summed E-state index contributed by atoms with van der Waals surface area (Å²) in [5.74, 6) is -0.105. The van der Waals surface area contributed by atoms with Crippen LogP contribution in [0.4, 0.5) is 0 Å². The highest BCUT2D eigenvalue weighted by molar-refractivity contribution is 5.70. The molecule has 13 heavy (non-hydrogen) atoms. The second-order valence-corrected chi connectivity index (χ2v) is 4.33. The molecule has 3 nitrogen and oxygen atoms in total. The summed E-state index contributed by atoms with van der Waals surface area (Å²) in [6.07, 6.45) is 4.02. The van der Waals surface area contributed by atoms with E-state index in [-0.39, 0.29) is 5.92 Å². The Morgan fingerprint density at radius 3 is 2.69 bits per heavy atom. The van der Waals surface area contributed by atoms with Gasteiger partial charge in [0.2, 0.25) is 0 Å². The lowest BCUT2D eigenvalue weighted by Gasteiger charge is -2.28. The van der Waals surface area contributed by atoms with E-state index in [1.54, 1.807) is 0 Å². The van der Waals surface area contributed by atoms with Crippen molar-refractivity contribution in [1.29, 1.82) is 0 Å². The minimum Gasteiger partial charge on any atom is -0.481 e. The lowest BCUT2D eigenvalue weighted by molar-refractivity contribution is -0.143. The van der Waals surface area contributed by atoms with Crippen LogP contribution in [-0.4, -0.2) is 36.6 Å². The maximum Gasteiger partial charge on any atom is 0.306 e. The highest BCUT2D eigenvalue weighted by Gasteiger charge is 2.26. The van der Waals surface area contributed by atoms with Crippen LogP contribution in [0.5, 0.6) is 0 Å². The third-order valence-corrected chi connectivity index (χ3v) is 2.76. The van der Waals surface area contributed by atoms with Gasteiger partial charge in [-0.1, -0.05) is 6.42 Å². The summed E-state index contributed by atoms with van der Waals surface area (Å²) in [4.78, 5) is 12.9. The summed E-state index contributed by atoms with van der Waals surface area (Å²) >= 11 is 0. The maximum atomic E-state index is 10.8. The van der Waals surface area contributed by atoms with Crippen molar-refractivity contribution < 1.29 is 9.90 Å². The van der Waals surface area contributed by atoms with Crippen LogP contribution in [0.25, 0.3) is 0 Å². The van der Waals surface area contributed by atoms with Crippen LogP contribution in [-0.2, 0) is 4.79 Å². The highest BCUT2D eigenvalue weighted by Crippen LogP contribution is 2.29. The SMILES string of the molecule is CN(C)CC1CCCC(C(=O)O)C1. The first-order valence-electron chi connectivity index (χ1n) is 4.97. The molecule has 0 heterocycles. The Balaban J connectivity index is 2.37. The topological polar surface area (TPSA) is 40.5 Å². The van der Waals surface area contributed by atoms with E-state index in [2.05, 4.69) is 4.90 Å². The molecule has 1 fully saturated rings. The van der Waals surface area contributed by atoms with E-state index in [9.17, 15) is 4.79 Å². The summed E-state index contributed by atoms with van der Waals surface area (Å²) < 4.78 is 0.